The maximum atomic E-state index is 11.9. The molecule has 0 spiro atoms. The van der Waals surface area contributed by atoms with E-state index in [9.17, 15) is 18.0 Å². The number of thiophene rings is 1. The van der Waals surface area contributed by atoms with Crippen molar-refractivity contribution in [3.63, 3.8) is 0 Å². The summed E-state index contributed by atoms with van der Waals surface area (Å²) in [7, 11) is -1.71. The number of ether oxygens (including phenoxy) is 1. The van der Waals surface area contributed by atoms with E-state index in [1.165, 1.54) is 18.4 Å². The van der Waals surface area contributed by atoms with Gasteiger partial charge in [-0.2, -0.15) is 0 Å². The highest BCUT2D eigenvalue weighted by Gasteiger charge is 2.29. The molecule has 1 amide bonds. The molecule has 1 aliphatic heterocycles. The molecule has 1 aromatic heterocycles. The quantitative estimate of drug-likeness (QED) is 0.845. The van der Waals surface area contributed by atoms with Crippen LogP contribution in [0.15, 0.2) is 11.4 Å². The Balaban J connectivity index is 1.96. The van der Waals surface area contributed by atoms with E-state index in [4.69, 9.17) is 0 Å². The van der Waals surface area contributed by atoms with Crippen molar-refractivity contribution in [2.45, 2.75) is 12.8 Å². The number of sulfone groups is 1. The van der Waals surface area contributed by atoms with Gasteiger partial charge in [0.25, 0.3) is 0 Å². The Morgan fingerprint density at radius 3 is 2.85 bits per heavy atom. The number of hydrogen-bond donors (Lipinski definition) is 1. The molecule has 1 saturated heterocycles. The minimum Gasteiger partial charge on any atom is -0.465 e. The third-order valence-electron chi connectivity index (χ3n) is 3.11. The third-order valence-corrected chi connectivity index (χ3v) is 5.84. The standard InChI is InChI=1S/C12H15NO5S2/c1-18-12(15)11-9(2-4-19-11)13-10(14)6-8-3-5-20(16,17)7-8/h2,4,8H,3,5-7H2,1H3,(H,13,14). The lowest BCUT2D eigenvalue weighted by Crippen LogP contribution is -2.18. The molecule has 0 aliphatic carbocycles. The summed E-state index contributed by atoms with van der Waals surface area (Å²) in [4.78, 5) is 23.7. The highest BCUT2D eigenvalue weighted by molar-refractivity contribution is 7.91. The van der Waals surface area contributed by atoms with Gasteiger partial charge < -0.3 is 10.1 Å². The Bertz CT molecular complexity index is 620. The van der Waals surface area contributed by atoms with Crippen molar-refractivity contribution < 1.29 is 22.7 Å². The van der Waals surface area contributed by atoms with Gasteiger partial charge in [-0.25, -0.2) is 13.2 Å². The number of rotatable bonds is 4. The summed E-state index contributed by atoms with van der Waals surface area (Å²) in [6.45, 7) is 0. The second-order valence-electron chi connectivity index (χ2n) is 4.68. The molecule has 1 aromatic rings. The first-order valence-electron chi connectivity index (χ1n) is 6.07. The van der Waals surface area contributed by atoms with Crippen molar-refractivity contribution >= 4 is 38.7 Å². The first kappa shape index (κ1) is 15.0. The van der Waals surface area contributed by atoms with E-state index in [1.54, 1.807) is 11.4 Å². The van der Waals surface area contributed by atoms with Crippen molar-refractivity contribution in [3.8, 4) is 0 Å². The fourth-order valence-electron chi connectivity index (χ4n) is 2.15. The number of anilines is 1. The predicted molar refractivity (Wildman–Crippen MR) is 75.7 cm³/mol. The minimum atomic E-state index is -2.98. The van der Waals surface area contributed by atoms with Crippen LogP contribution in [0.25, 0.3) is 0 Å². The van der Waals surface area contributed by atoms with Gasteiger partial charge in [0.05, 0.1) is 24.3 Å². The van der Waals surface area contributed by atoms with E-state index in [1.807, 2.05) is 0 Å². The van der Waals surface area contributed by atoms with Crippen LogP contribution in [0.4, 0.5) is 5.69 Å². The Kier molecular flexibility index (Phi) is 4.44. The number of methoxy groups -OCH3 is 1. The van der Waals surface area contributed by atoms with Crippen LogP contribution in [0.3, 0.4) is 0 Å². The first-order valence-corrected chi connectivity index (χ1v) is 8.77. The number of esters is 1. The first-order chi connectivity index (χ1) is 9.41. The van der Waals surface area contributed by atoms with Crippen molar-refractivity contribution in [3.05, 3.63) is 16.3 Å². The largest absolute Gasteiger partial charge is 0.465 e. The molecule has 2 heterocycles. The Labute approximate surface area is 121 Å². The van der Waals surface area contributed by atoms with Crippen molar-refractivity contribution in [1.29, 1.82) is 0 Å². The molecule has 0 aromatic carbocycles. The monoisotopic (exact) mass is 317 g/mol. The lowest BCUT2D eigenvalue weighted by Gasteiger charge is -2.08. The number of nitrogens with one attached hydrogen (secondary N) is 1. The third kappa shape index (κ3) is 3.57. The van der Waals surface area contributed by atoms with Gasteiger partial charge in [0.1, 0.15) is 4.88 Å². The fourth-order valence-corrected chi connectivity index (χ4v) is 4.78. The average Bonchev–Trinajstić information content (AvgIpc) is 2.95. The van der Waals surface area contributed by atoms with E-state index in [-0.39, 0.29) is 29.8 Å². The van der Waals surface area contributed by atoms with E-state index >= 15 is 0 Å². The number of amides is 1. The van der Waals surface area contributed by atoms with Crippen LogP contribution in [0.1, 0.15) is 22.5 Å². The zero-order valence-electron chi connectivity index (χ0n) is 10.9. The molecule has 1 fully saturated rings. The van der Waals surface area contributed by atoms with Crippen LogP contribution < -0.4 is 5.32 Å². The van der Waals surface area contributed by atoms with Gasteiger partial charge in [-0.15, -0.1) is 11.3 Å². The maximum absolute atomic E-state index is 11.9. The van der Waals surface area contributed by atoms with Gasteiger partial charge in [-0.1, -0.05) is 0 Å². The summed E-state index contributed by atoms with van der Waals surface area (Å²) in [6, 6.07) is 1.63. The van der Waals surface area contributed by atoms with Crippen LogP contribution >= 0.6 is 11.3 Å². The smallest absolute Gasteiger partial charge is 0.350 e. The fraction of sp³-hybridized carbons (Fsp3) is 0.500. The molecule has 0 radical (unpaired) electrons. The summed E-state index contributed by atoms with van der Waals surface area (Å²) < 4.78 is 27.3. The second kappa shape index (κ2) is 5.92. The van der Waals surface area contributed by atoms with Gasteiger partial charge >= 0.3 is 5.97 Å². The predicted octanol–water partition coefficient (Wildman–Crippen LogP) is 1.30. The Morgan fingerprint density at radius 2 is 2.25 bits per heavy atom. The summed E-state index contributed by atoms with van der Waals surface area (Å²) >= 11 is 1.18. The van der Waals surface area contributed by atoms with E-state index in [2.05, 4.69) is 10.1 Å². The van der Waals surface area contributed by atoms with Crippen molar-refractivity contribution in [2.75, 3.05) is 23.9 Å². The Hall–Kier alpha value is -1.41. The minimum absolute atomic E-state index is 0.0634. The molecular formula is C12H15NO5S2. The van der Waals surface area contributed by atoms with E-state index in [0.29, 0.717) is 17.0 Å². The SMILES string of the molecule is COC(=O)c1sccc1NC(=O)CC1CCS(=O)(=O)C1. The lowest BCUT2D eigenvalue weighted by atomic mass is 10.1. The van der Waals surface area contributed by atoms with Gasteiger partial charge in [0.15, 0.2) is 9.84 Å². The molecule has 20 heavy (non-hydrogen) atoms. The summed E-state index contributed by atoms with van der Waals surface area (Å²) in [6.07, 6.45) is 0.666. The molecule has 1 N–H and O–H groups in total. The van der Waals surface area contributed by atoms with Gasteiger partial charge in [0, 0.05) is 6.42 Å². The molecule has 8 heteroatoms. The topological polar surface area (TPSA) is 89.5 Å². The zero-order valence-corrected chi connectivity index (χ0v) is 12.6. The summed E-state index contributed by atoms with van der Waals surface area (Å²) in [5, 5.41) is 4.32. The molecule has 1 unspecified atom stereocenters. The normalized spacial score (nSPS) is 20.6. The van der Waals surface area contributed by atoms with Crippen molar-refractivity contribution in [1.82, 2.24) is 0 Å². The Morgan fingerprint density at radius 1 is 1.50 bits per heavy atom. The van der Waals surface area contributed by atoms with Crippen LogP contribution in [0.5, 0.6) is 0 Å². The van der Waals surface area contributed by atoms with Crippen LogP contribution in [0, 0.1) is 5.92 Å². The maximum Gasteiger partial charge on any atom is 0.350 e. The summed E-state index contributed by atoms with van der Waals surface area (Å²) in [5.74, 6) is -0.709. The molecule has 1 aliphatic rings. The van der Waals surface area contributed by atoms with Crippen LogP contribution in [0.2, 0.25) is 0 Å². The van der Waals surface area contributed by atoms with Crippen molar-refractivity contribution in [2.24, 2.45) is 5.92 Å². The zero-order chi connectivity index (χ0) is 14.8. The molecule has 0 saturated carbocycles. The van der Waals surface area contributed by atoms with Gasteiger partial charge in [-0.3, -0.25) is 4.79 Å². The average molecular weight is 317 g/mol. The van der Waals surface area contributed by atoms with Crippen LogP contribution in [-0.4, -0.2) is 38.9 Å². The lowest BCUT2D eigenvalue weighted by molar-refractivity contribution is -0.116. The second-order valence-corrected chi connectivity index (χ2v) is 7.82. The van der Waals surface area contributed by atoms with E-state index < -0.39 is 15.8 Å². The molecule has 2 rings (SSSR count). The summed E-state index contributed by atoms with van der Waals surface area (Å²) in [5.41, 5.74) is 0.410. The number of carbonyl (C=O) groups is 2. The molecule has 110 valence electrons. The number of hydrogen-bond acceptors (Lipinski definition) is 6. The number of carbonyl (C=O) groups excluding carboxylic acids is 2. The highest BCUT2D eigenvalue weighted by atomic mass is 32.2. The molecular weight excluding hydrogens is 302 g/mol. The molecule has 1 atom stereocenters. The van der Waals surface area contributed by atoms with Gasteiger partial charge in [0.2, 0.25) is 5.91 Å². The molecule has 6 nitrogen and oxygen atoms in total. The molecule has 0 bridgehead atoms. The van der Waals surface area contributed by atoms with Gasteiger partial charge in [-0.05, 0) is 23.8 Å². The van der Waals surface area contributed by atoms with Crippen LogP contribution in [-0.2, 0) is 19.4 Å². The van der Waals surface area contributed by atoms with E-state index in [0.717, 1.165) is 0 Å². The highest BCUT2D eigenvalue weighted by Crippen LogP contribution is 2.25.